The average molecular weight is 284 g/mol. The third kappa shape index (κ3) is 2.48. The van der Waals surface area contributed by atoms with Gasteiger partial charge in [0.15, 0.2) is 6.29 Å². The third-order valence-electron chi connectivity index (χ3n) is 3.50. The maximum Gasteiger partial charge on any atom is 0.274 e. The number of carbonyl (C=O) groups is 1. The summed E-state index contributed by atoms with van der Waals surface area (Å²) in [5, 5.41) is 15.4. The van der Waals surface area contributed by atoms with Crippen LogP contribution in [0.4, 0.5) is 17.1 Å². The minimum Gasteiger partial charge on any atom is -0.348 e. The number of anilines is 3. The van der Waals surface area contributed by atoms with E-state index in [0.29, 0.717) is 5.56 Å². The van der Waals surface area contributed by atoms with E-state index in [9.17, 15) is 4.79 Å². The van der Waals surface area contributed by atoms with Gasteiger partial charge in [0.2, 0.25) is 0 Å². The quantitative estimate of drug-likeness (QED) is 0.513. The molecule has 0 aromatic heterocycles. The second-order valence-corrected chi connectivity index (χ2v) is 4.84. The molecule has 108 valence electrons. The van der Waals surface area contributed by atoms with Gasteiger partial charge in [0, 0.05) is 18.3 Å². The van der Waals surface area contributed by atoms with Crippen LogP contribution in [0.25, 0.3) is 0 Å². The number of hydrogen-bond donors (Lipinski definition) is 4. The highest BCUT2D eigenvalue weighted by Crippen LogP contribution is 2.34. The van der Waals surface area contributed by atoms with Crippen LogP contribution in [0.1, 0.15) is 10.4 Å². The standard InChI is InChI=1S/C15H16N4O2/c1-19-13-8-7-10(14(20)18-21)9-12(13)17-15(19)16-11-5-3-2-4-6-11/h2-9,15-17,21H,1H3,(H,18,20). The lowest BCUT2D eigenvalue weighted by atomic mass is 10.1. The molecular formula is C15H16N4O2. The van der Waals surface area contributed by atoms with Crippen LogP contribution in [-0.4, -0.2) is 24.5 Å². The number of nitrogens with zero attached hydrogens (tertiary/aromatic N) is 1. The van der Waals surface area contributed by atoms with Crippen molar-refractivity contribution in [2.75, 3.05) is 22.6 Å². The average Bonchev–Trinajstić information content (AvgIpc) is 2.83. The Labute approximate surface area is 122 Å². The van der Waals surface area contributed by atoms with Crippen LogP contribution in [0.2, 0.25) is 0 Å². The second-order valence-electron chi connectivity index (χ2n) is 4.84. The number of para-hydroxylation sites is 1. The van der Waals surface area contributed by atoms with Crippen molar-refractivity contribution in [3.8, 4) is 0 Å². The van der Waals surface area contributed by atoms with Crippen LogP contribution >= 0.6 is 0 Å². The summed E-state index contributed by atoms with van der Waals surface area (Å²) in [6.45, 7) is 0. The Morgan fingerprint density at radius 3 is 2.71 bits per heavy atom. The van der Waals surface area contributed by atoms with Gasteiger partial charge in [0.25, 0.3) is 5.91 Å². The Bertz CT molecular complexity index is 660. The lowest BCUT2D eigenvalue weighted by molar-refractivity contribution is 0.0706. The summed E-state index contributed by atoms with van der Waals surface area (Å²) >= 11 is 0. The van der Waals surface area contributed by atoms with Crippen LogP contribution in [0, 0.1) is 0 Å². The fourth-order valence-electron chi connectivity index (χ4n) is 2.37. The van der Waals surface area contributed by atoms with Gasteiger partial charge in [-0.15, -0.1) is 0 Å². The zero-order valence-electron chi connectivity index (χ0n) is 11.5. The number of fused-ring (bicyclic) bond motifs is 1. The molecule has 0 fully saturated rings. The van der Waals surface area contributed by atoms with Crippen LogP contribution < -0.4 is 21.0 Å². The van der Waals surface area contributed by atoms with E-state index >= 15 is 0 Å². The topological polar surface area (TPSA) is 76.6 Å². The highest BCUT2D eigenvalue weighted by molar-refractivity contribution is 5.96. The van der Waals surface area contributed by atoms with Crippen molar-refractivity contribution in [1.82, 2.24) is 5.48 Å². The highest BCUT2D eigenvalue weighted by Gasteiger charge is 2.26. The number of carbonyl (C=O) groups excluding carboxylic acids is 1. The molecule has 0 bridgehead atoms. The number of hydroxylamine groups is 1. The lowest BCUT2D eigenvalue weighted by Gasteiger charge is -2.24. The Balaban J connectivity index is 1.81. The molecule has 6 nitrogen and oxygen atoms in total. The molecule has 21 heavy (non-hydrogen) atoms. The molecule has 2 aromatic carbocycles. The molecule has 0 radical (unpaired) electrons. The Hall–Kier alpha value is -2.73. The number of nitrogens with one attached hydrogen (secondary N) is 3. The van der Waals surface area contributed by atoms with Gasteiger partial charge in [-0.3, -0.25) is 10.0 Å². The Morgan fingerprint density at radius 2 is 2.00 bits per heavy atom. The Morgan fingerprint density at radius 1 is 1.24 bits per heavy atom. The van der Waals surface area contributed by atoms with Crippen molar-refractivity contribution in [2.45, 2.75) is 6.29 Å². The summed E-state index contributed by atoms with van der Waals surface area (Å²) in [6, 6.07) is 15.1. The first kappa shape index (κ1) is 13.3. The molecule has 2 aromatic rings. The molecule has 1 atom stereocenters. The van der Waals surface area contributed by atoms with E-state index in [-0.39, 0.29) is 6.29 Å². The molecule has 3 rings (SSSR count). The zero-order valence-corrected chi connectivity index (χ0v) is 11.5. The van der Waals surface area contributed by atoms with Gasteiger partial charge in [-0.05, 0) is 30.3 Å². The molecule has 1 amide bonds. The van der Waals surface area contributed by atoms with Crippen molar-refractivity contribution < 1.29 is 10.0 Å². The van der Waals surface area contributed by atoms with Crippen LogP contribution in [-0.2, 0) is 0 Å². The second kappa shape index (κ2) is 5.34. The van der Waals surface area contributed by atoms with Crippen molar-refractivity contribution in [1.29, 1.82) is 0 Å². The summed E-state index contributed by atoms with van der Waals surface area (Å²) < 4.78 is 0. The van der Waals surface area contributed by atoms with Gasteiger partial charge >= 0.3 is 0 Å². The van der Waals surface area contributed by atoms with E-state index in [1.54, 1.807) is 17.6 Å². The molecule has 0 spiro atoms. The molecule has 1 unspecified atom stereocenters. The van der Waals surface area contributed by atoms with Gasteiger partial charge in [-0.2, -0.15) is 0 Å². The van der Waals surface area contributed by atoms with Gasteiger partial charge in [-0.25, -0.2) is 5.48 Å². The number of benzene rings is 2. The minimum absolute atomic E-state index is 0.102. The van der Waals surface area contributed by atoms with E-state index in [4.69, 9.17) is 5.21 Å². The lowest BCUT2D eigenvalue weighted by Crippen LogP contribution is -2.39. The minimum atomic E-state index is -0.526. The zero-order chi connectivity index (χ0) is 14.8. The molecule has 1 aliphatic heterocycles. The van der Waals surface area contributed by atoms with Crippen molar-refractivity contribution in [2.24, 2.45) is 0 Å². The van der Waals surface area contributed by atoms with Gasteiger partial charge in [0.1, 0.15) is 0 Å². The van der Waals surface area contributed by atoms with E-state index < -0.39 is 5.91 Å². The normalized spacial score (nSPS) is 16.1. The summed E-state index contributed by atoms with van der Waals surface area (Å²) in [4.78, 5) is 13.5. The van der Waals surface area contributed by atoms with Crippen molar-refractivity contribution in [3.63, 3.8) is 0 Å². The smallest absolute Gasteiger partial charge is 0.274 e. The van der Waals surface area contributed by atoms with Crippen LogP contribution in [0.15, 0.2) is 48.5 Å². The van der Waals surface area contributed by atoms with E-state index in [1.807, 2.05) is 48.3 Å². The summed E-state index contributed by atoms with van der Waals surface area (Å²) in [5.41, 5.74) is 4.87. The first-order valence-corrected chi connectivity index (χ1v) is 6.58. The summed E-state index contributed by atoms with van der Waals surface area (Å²) in [7, 11) is 1.96. The van der Waals surface area contributed by atoms with Crippen molar-refractivity contribution in [3.05, 3.63) is 54.1 Å². The molecule has 4 N–H and O–H groups in total. The SMILES string of the molecule is CN1c2ccc(C(=O)NO)cc2NC1Nc1ccccc1. The number of amides is 1. The fraction of sp³-hybridized carbons (Fsp3) is 0.133. The van der Waals surface area contributed by atoms with Gasteiger partial charge in [0.05, 0.1) is 11.4 Å². The number of rotatable bonds is 3. The first-order chi connectivity index (χ1) is 10.2. The largest absolute Gasteiger partial charge is 0.348 e. The monoisotopic (exact) mass is 284 g/mol. The highest BCUT2D eigenvalue weighted by atomic mass is 16.5. The molecule has 0 aliphatic carbocycles. The van der Waals surface area contributed by atoms with Crippen molar-refractivity contribution >= 4 is 23.0 Å². The predicted octanol–water partition coefficient (Wildman–Crippen LogP) is 2.06. The van der Waals surface area contributed by atoms with E-state index in [0.717, 1.165) is 17.1 Å². The number of hydrogen-bond acceptors (Lipinski definition) is 5. The fourth-order valence-corrected chi connectivity index (χ4v) is 2.37. The third-order valence-corrected chi connectivity index (χ3v) is 3.50. The molecule has 6 heteroatoms. The molecule has 0 saturated carbocycles. The predicted molar refractivity (Wildman–Crippen MR) is 81.6 cm³/mol. The summed E-state index contributed by atoms with van der Waals surface area (Å²) in [6.07, 6.45) is -0.102. The molecule has 1 heterocycles. The maximum absolute atomic E-state index is 11.4. The van der Waals surface area contributed by atoms with Crippen LogP contribution in [0.3, 0.4) is 0 Å². The Kier molecular flexibility index (Phi) is 3.37. The van der Waals surface area contributed by atoms with E-state index in [2.05, 4.69) is 10.6 Å². The van der Waals surface area contributed by atoms with Gasteiger partial charge in [-0.1, -0.05) is 18.2 Å². The molecule has 0 saturated heterocycles. The van der Waals surface area contributed by atoms with E-state index in [1.165, 1.54) is 0 Å². The maximum atomic E-state index is 11.4. The van der Waals surface area contributed by atoms with Crippen LogP contribution in [0.5, 0.6) is 0 Å². The summed E-state index contributed by atoms with van der Waals surface area (Å²) in [5.74, 6) is -0.526. The van der Waals surface area contributed by atoms with Gasteiger partial charge < -0.3 is 15.5 Å². The first-order valence-electron chi connectivity index (χ1n) is 6.58. The molecular weight excluding hydrogens is 268 g/mol. The molecule has 1 aliphatic rings.